The van der Waals surface area contributed by atoms with Gasteiger partial charge in [-0.1, -0.05) is 0 Å². The van der Waals surface area contributed by atoms with Crippen LogP contribution < -0.4 is 0 Å². The molecule has 0 amide bonds. The Morgan fingerprint density at radius 3 is 2.81 bits per heavy atom. The van der Waals surface area contributed by atoms with Crippen LogP contribution in [0.1, 0.15) is 12.0 Å². The number of aromatic nitrogens is 6. The Balaban J connectivity index is 1.34. The molecule has 0 atom stereocenters. The highest BCUT2D eigenvalue weighted by Crippen LogP contribution is 2.30. The first-order valence-corrected chi connectivity index (χ1v) is 10.4. The molecule has 0 saturated carbocycles. The first-order valence-electron chi connectivity index (χ1n) is 10.4. The second-order valence-corrected chi connectivity index (χ2v) is 8.21. The zero-order valence-corrected chi connectivity index (χ0v) is 17.0. The van der Waals surface area contributed by atoms with Crippen LogP contribution in [0.5, 0.6) is 0 Å². The molecule has 160 valence electrons. The van der Waals surface area contributed by atoms with E-state index < -0.39 is 5.92 Å². The standard InChI is InChI=1S/C23H19F2N7/c24-23(25)4-6-32(13-23)12-14-7-15(11-27-9-14)17-1-2-19-21(29-17)22(31-30-19)20-8-16-10-26-5-3-18(16)28-20/h1-3,5,7-11,28H,4,6,12-13H2,(H,30,31). The SMILES string of the molecule is FC1(F)CCN(Cc2cncc(-c3ccc4[nH]nc(-c5cc6cnccc6[nH]5)c4n3)c2)C1. The predicted molar refractivity (Wildman–Crippen MR) is 117 cm³/mol. The van der Waals surface area contributed by atoms with Crippen LogP contribution in [-0.4, -0.2) is 54.0 Å². The maximum Gasteiger partial charge on any atom is 0.261 e. The van der Waals surface area contributed by atoms with Gasteiger partial charge in [-0.05, 0) is 35.9 Å². The van der Waals surface area contributed by atoms with Crippen molar-refractivity contribution in [2.75, 3.05) is 13.1 Å². The molecule has 6 rings (SSSR count). The Bertz CT molecular complexity index is 1410. The average molecular weight is 431 g/mol. The Kier molecular flexibility index (Phi) is 4.25. The molecule has 0 spiro atoms. The van der Waals surface area contributed by atoms with Gasteiger partial charge in [0.15, 0.2) is 0 Å². The molecule has 5 aromatic heterocycles. The fourth-order valence-corrected chi connectivity index (χ4v) is 4.26. The Hall–Kier alpha value is -3.72. The number of likely N-dealkylation sites (tertiary alicyclic amines) is 1. The van der Waals surface area contributed by atoms with Crippen molar-refractivity contribution in [1.29, 1.82) is 0 Å². The van der Waals surface area contributed by atoms with E-state index in [1.54, 1.807) is 29.7 Å². The number of rotatable bonds is 4. The Morgan fingerprint density at radius 2 is 1.97 bits per heavy atom. The van der Waals surface area contributed by atoms with E-state index >= 15 is 0 Å². The Labute approximate surface area is 181 Å². The lowest BCUT2D eigenvalue weighted by atomic mass is 10.1. The molecular formula is C23H19F2N7. The molecule has 1 aliphatic rings. The average Bonchev–Trinajstić information content (AvgIpc) is 3.49. The highest BCUT2D eigenvalue weighted by molar-refractivity contribution is 5.94. The number of aromatic amines is 2. The number of pyridine rings is 3. The van der Waals surface area contributed by atoms with Crippen molar-refractivity contribution in [2.24, 2.45) is 0 Å². The van der Waals surface area contributed by atoms with Crippen molar-refractivity contribution < 1.29 is 8.78 Å². The summed E-state index contributed by atoms with van der Waals surface area (Å²) in [5.74, 6) is -2.60. The molecule has 0 unspecified atom stereocenters. The van der Waals surface area contributed by atoms with Crippen LogP contribution in [0.3, 0.4) is 0 Å². The molecule has 0 radical (unpaired) electrons. The van der Waals surface area contributed by atoms with Gasteiger partial charge in [0.25, 0.3) is 5.92 Å². The lowest BCUT2D eigenvalue weighted by Crippen LogP contribution is -2.24. The van der Waals surface area contributed by atoms with Crippen LogP contribution in [0.4, 0.5) is 8.78 Å². The minimum Gasteiger partial charge on any atom is -0.353 e. The maximum atomic E-state index is 13.5. The third-order valence-corrected chi connectivity index (χ3v) is 5.83. The van der Waals surface area contributed by atoms with Crippen molar-refractivity contribution in [3.8, 4) is 22.6 Å². The van der Waals surface area contributed by atoms with Gasteiger partial charge in [0, 0.05) is 60.8 Å². The van der Waals surface area contributed by atoms with E-state index in [2.05, 4.69) is 25.1 Å². The summed E-state index contributed by atoms with van der Waals surface area (Å²) in [5, 5.41) is 8.50. The van der Waals surface area contributed by atoms with Crippen molar-refractivity contribution in [3.63, 3.8) is 0 Å². The maximum absolute atomic E-state index is 13.5. The minimum absolute atomic E-state index is 0.0918. The number of fused-ring (bicyclic) bond motifs is 2. The molecule has 0 aliphatic carbocycles. The van der Waals surface area contributed by atoms with E-state index in [0.29, 0.717) is 13.1 Å². The lowest BCUT2D eigenvalue weighted by Gasteiger charge is -2.15. The van der Waals surface area contributed by atoms with Crippen molar-refractivity contribution >= 4 is 21.9 Å². The van der Waals surface area contributed by atoms with Gasteiger partial charge in [0.2, 0.25) is 0 Å². The van der Waals surface area contributed by atoms with Crippen LogP contribution in [-0.2, 0) is 6.54 Å². The molecule has 1 fully saturated rings. The van der Waals surface area contributed by atoms with Gasteiger partial charge in [-0.15, -0.1) is 0 Å². The topological polar surface area (TPSA) is 86.4 Å². The van der Waals surface area contributed by atoms with Crippen LogP contribution >= 0.6 is 0 Å². The van der Waals surface area contributed by atoms with Gasteiger partial charge >= 0.3 is 0 Å². The smallest absolute Gasteiger partial charge is 0.261 e. The van der Waals surface area contributed by atoms with Gasteiger partial charge in [0.1, 0.15) is 11.2 Å². The van der Waals surface area contributed by atoms with Crippen LogP contribution in [0.15, 0.2) is 55.1 Å². The fourth-order valence-electron chi connectivity index (χ4n) is 4.26. The summed E-state index contributed by atoms with van der Waals surface area (Å²) in [7, 11) is 0. The van der Waals surface area contributed by atoms with Gasteiger partial charge in [-0.2, -0.15) is 5.10 Å². The fraction of sp³-hybridized carbons (Fsp3) is 0.217. The van der Waals surface area contributed by atoms with Gasteiger partial charge in [-0.25, -0.2) is 13.8 Å². The van der Waals surface area contributed by atoms with E-state index in [1.807, 2.05) is 30.3 Å². The summed E-state index contributed by atoms with van der Waals surface area (Å²) >= 11 is 0. The van der Waals surface area contributed by atoms with Crippen LogP contribution in [0, 0.1) is 0 Å². The number of H-pyrrole nitrogens is 2. The van der Waals surface area contributed by atoms with E-state index in [0.717, 1.165) is 50.1 Å². The highest BCUT2D eigenvalue weighted by Gasteiger charge is 2.37. The Morgan fingerprint density at radius 1 is 1.03 bits per heavy atom. The summed E-state index contributed by atoms with van der Waals surface area (Å²) in [6, 6.07) is 9.72. The lowest BCUT2D eigenvalue weighted by molar-refractivity contribution is 0.0115. The molecule has 2 N–H and O–H groups in total. The number of hydrogen-bond donors (Lipinski definition) is 2. The number of nitrogens with one attached hydrogen (secondary N) is 2. The summed E-state index contributed by atoms with van der Waals surface area (Å²) in [6.07, 6.45) is 6.91. The van der Waals surface area contributed by atoms with E-state index in [9.17, 15) is 8.78 Å². The summed E-state index contributed by atoms with van der Waals surface area (Å²) in [6.45, 7) is 0.623. The van der Waals surface area contributed by atoms with Gasteiger partial charge < -0.3 is 4.98 Å². The molecule has 32 heavy (non-hydrogen) atoms. The molecule has 7 nitrogen and oxygen atoms in total. The first-order chi connectivity index (χ1) is 15.5. The van der Waals surface area contributed by atoms with Crippen molar-refractivity contribution in [2.45, 2.75) is 18.9 Å². The molecule has 9 heteroatoms. The van der Waals surface area contributed by atoms with Crippen molar-refractivity contribution in [1.82, 2.24) is 35.0 Å². The number of halogens is 2. The van der Waals surface area contributed by atoms with Gasteiger partial charge in [-0.3, -0.25) is 20.0 Å². The minimum atomic E-state index is -2.60. The van der Waals surface area contributed by atoms with E-state index in [1.165, 1.54) is 0 Å². The molecule has 0 aromatic carbocycles. The molecule has 5 aromatic rings. The first kappa shape index (κ1) is 19.0. The second kappa shape index (κ2) is 7.16. The van der Waals surface area contributed by atoms with Crippen LogP contribution in [0.2, 0.25) is 0 Å². The predicted octanol–water partition coefficient (Wildman–Crippen LogP) is 4.40. The third kappa shape index (κ3) is 3.40. The molecule has 1 saturated heterocycles. The molecular weight excluding hydrogens is 412 g/mol. The number of alkyl halides is 2. The number of hydrogen-bond acceptors (Lipinski definition) is 5. The summed E-state index contributed by atoms with van der Waals surface area (Å²) < 4.78 is 27.0. The van der Waals surface area contributed by atoms with Crippen LogP contribution in [0.25, 0.3) is 44.6 Å². The van der Waals surface area contributed by atoms with Crippen molar-refractivity contribution in [3.05, 3.63) is 60.7 Å². The van der Waals surface area contributed by atoms with E-state index in [4.69, 9.17) is 4.98 Å². The second-order valence-electron chi connectivity index (χ2n) is 8.21. The van der Waals surface area contributed by atoms with Gasteiger partial charge in [0.05, 0.1) is 23.4 Å². The summed E-state index contributed by atoms with van der Waals surface area (Å²) in [4.78, 5) is 18.5. The highest BCUT2D eigenvalue weighted by atomic mass is 19.3. The zero-order valence-electron chi connectivity index (χ0n) is 17.0. The van der Waals surface area contributed by atoms with E-state index in [-0.39, 0.29) is 13.0 Å². The molecule has 0 bridgehead atoms. The molecule has 1 aliphatic heterocycles. The monoisotopic (exact) mass is 431 g/mol. The quantitative estimate of drug-likeness (QED) is 0.440. The third-order valence-electron chi connectivity index (χ3n) is 5.83. The number of nitrogens with zero attached hydrogens (tertiary/aromatic N) is 5. The summed E-state index contributed by atoms with van der Waals surface area (Å²) in [5.41, 5.74) is 6.59. The largest absolute Gasteiger partial charge is 0.353 e. The normalized spacial score (nSPS) is 16.3. The zero-order chi connectivity index (χ0) is 21.7. The molecule has 6 heterocycles.